The Kier molecular flexibility index (Phi) is 2.10. The molecule has 0 atom stereocenters. The number of hydrogen-bond donors (Lipinski definition) is 1. The van der Waals surface area contributed by atoms with E-state index >= 15 is 0 Å². The van der Waals surface area contributed by atoms with Gasteiger partial charge in [0.25, 0.3) is 0 Å². The Bertz CT molecular complexity index is 439. The van der Waals surface area contributed by atoms with E-state index < -0.39 is 0 Å². The second kappa shape index (κ2) is 3.48. The van der Waals surface area contributed by atoms with Crippen molar-refractivity contribution in [3.63, 3.8) is 0 Å². The van der Waals surface area contributed by atoms with E-state index in [0.717, 1.165) is 18.3 Å². The first-order valence-corrected chi connectivity index (χ1v) is 5.93. The van der Waals surface area contributed by atoms with Gasteiger partial charge in [-0.15, -0.1) is 0 Å². The van der Waals surface area contributed by atoms with Gasteiger partial charge in [-0.3, -0.25) is 0 Å². The third-order valence-corrected chi connectivity index (χ3v) is 3.87. The fourth-order valence-electron chi connectivity index (χ4n) is 2.48. The fraction of sp³-hybridized carbons (Fsp3) is 0.538. The van der Waals surface area contributed by atoms with Crippen LogP contribution in [0.3, 0.4) is 0 Å². The molecule has 0 radical (unpaired) electrons. The smallest absolute Gasteiger partial charge is 0.143 e. The summed E-state index contributed by atoms with van der Waals surface area (Å²) in [6.45, 7) is 0.989. The van der Waals surface area contributed by atoms with Crippen molar-refractivity contribution in [3.05, 3.63) is 23.9 Å². The van der Waals surface area contributed by atoms with E-state index in [4.69, 9.17) is 5.26 Å². The molecule has 0 unspecified atom stereocenters. The molecule has 1 aromatic rings. The van der Waals surface area contributed by atoms with Gasteiger partial charge in [0.15, 0.2) is 0 Å². The van der Waals surface area contributed by atoms with Crippen molar-refractivity contribution in [2.24, 2.45) is 11.3 Å². The zero-order chi connectivity index (χ0) is 11.0. The molecule has 16 heavy (non-hydrogen) atoms. The molecule has 2 saturated carbocycles. The average molecular weight is 213 g/mol. The molecule has 0 saturated heterocycles. The van der Waals surface area contributed by atoms with Crippen molar-refractivity contribution in [3.8, 4) is 6.07 Å². The number of rotatable bonds is 4. The van der Waals surface area contributed by atoms with Crippen molar-refractivity contribution in [1.82, 2.24) is 4.98 Å². The highest BCUT2D eigenvalue weighted by atomic mass is 15.0. The molecule has 1 aromatic heterocycles. The first kappa shape index (κ1) is 9.65. The molecule has 1 N–H and O–H groups in total. The summed E-state index contributed by atoms with van der Waals surface area (Å²) < 4.78 is 0. The van der Waals surface area contributed by atoms with Gasteiger partial charge >= 0.3 is 0 Å². The summed E-state index contributed by atoms with van der Waals surface area (Å²) in [5, 5.41) is 12.3. The third kappa shape index (κ3) is 1.65. The standard InChI is InChI=1S/C13H15N3/c14-8-10-2-1-7-15-12(10)16-9-13(5-6-13)11-3-4-11/h1-2,7,11H,3-6,9H2,(H,15,16). The minimum absolute atomic E-state index is 0.546. The van der Waals surface area contributed by atoms with Crippen molar-refractivity contribution < 1.29 is 0 Å². The molecule has 3 nitrogen and oxygen atoms in total. The lowest BCUT2D eigenvalue weighted by Crippen LogP contribution is -2.18. The van der Waals surface area contributed by atoms with Gasteiger partial charge < -0.3 is 5.32 Å². The highest BCUT2D eigenvalue weighted by molar-refractivity contribution is 5.51. The Morgan fingerprint density at radius 2 is 2.31 bits per heavy atom. The van der Waals surface area contributed by atoms with E-state index in [1.54, 1.807) is 12.3 Å². The monoisotopic (exact) mass is 213 g/mol. The van der Waals surface area contributed by atoms with Crippen LogP contribution in [0.25, 0.3) is 0 Å². The lowest BCUT2D eigenvalue weighted by Gasteiger charge is -2.15. The summed E-state index contributed by atoms with van der Waals surface area (Å²) in [5.74, 6) is 1.69. The van der Waals surface area contributed by atoms with E-state index in [1.807, 2.05) is 6.07 Å². The zero-order valence-corrected chi connectivity index (χ0v) is 9.24. The molecule has 82 valence electrons. The topological polar surface area (TPSA) is 48.7 Å². The molecule has 1 heterocycles. The molecular formula is C13H15N3. The third-order valence-electron chi connectivity index (χ3n) is 3.87. The van der Waals surface area contributed by atoms with Crippen molar-refractivity contribution in [2.45, 2.75) is 25.7 Å². The molecule has 0 bridgehead atoms. The zero-order valence-electron chi connectivity index (χ0n) is 9.24. The molecule has 3 rings (SSSR count). The highest BCUT2D eigenvalue weighted by Gasteiger charge is 2.53. The maximum absolute atomic E-state index is 8.96. The average Bonchev–Trinajstić information content (AvgIpc) is 3.17. The second-order valence-electron chi connectivity index (χ2n) is 5.00. The number of pyridine rings is 1. The molecule has 2 fully saturated rings. The van der Waals surface area contributed by atoms with Crippen LogP contribution >= 0.6 is 0 Å². The second-order valence-corrected chi connectivity index (χ2v) is 5.00. The van der Waals surface area contributed by atoms with Crippen LogP contribution in [0.5, 0.6) is 0 Å². The number of anilines is 1. The Balaban J connectivity index is 1.68. The van der Waals surface area contributed by atoms with Gasteiger partial charge in [0, 0.05) is 12.7 Å². The predicted octanol–water partition coefficient (Wildman–Crippen LogP) is 2.56. The SMILES string of the molecule is N#Cc1cccnc1NCC1(C2CC2)CC1. The van der Waals surface area contributed by atoms with Gasteiger partial charge in [-0.1, -0.05) is 0 Å². The summed E-state index contributed by atoms with van der Waals surface area (Å²) >= 11 is 0. The largest absolute Gasteiger partial charge is 0.368 e. The van der Waals surface area contributed by atoms with Gasteiger partial charge in [-0.05, 0) is 49.1 Å². The molecular weight excluding hydrogens is 198 g/mol. The first-order chi connectivity index (χ1) is 7.84. The van der Waals surface area contributed by atoms with Crippen LogP contribution in [-0.2, 0) is 0 Å². The Hall–Kier alpha value is -1.56. The Morgan fingerprint density at radius 3 is 2.94 bits per heavy atom. The van der Waals surface area contributed by atoms with Gasteiger partial charge in [0.05, 0.1) is 5.56 Å². The maximum Gasteiger partial charge on any atom is 0.143 e. The molecule has 3 heteroatoms. The molecule has 0 aromatic carbocycles. The van der Waals surface area contributed by atoms with E-state index in [1.165, 1.54) is 25.7 Å². The lowest BCUT2D eigenvalue weighted by molar-refractivity contribution is 0.466. The van der Waals surface area contributed by atoms with E-state index in [9.17, 15) is 0 Å². The van der Waals surface area contributed by atoms with Crippen LogP contribution in [0.1, 0.15) is 31.2 Å². The summed E-state index contributed by atoms with van der Waals surface area (Å²) in [4.78, 5) is 4.23. The Labute approximate surface area is 95.5 Å². The quantitative estimate of drug-likeness (QED) is 0.836. The van der Waals surface area contributed by atoms with Crippen molar-refractivity contribution in [1.29, 1.82) is 5.26 Å². The van der Waals surface area contributed by atoms with Crippen LogP contribution in [0.4, 0.5) is 5.82 Å². The van der Waals surface area contributed by atoms with Crippen LogP contribution in [0, 0.1) is 22.7 Å². The minimum Gasteiger partial charge on any atom is -0.368 e. The summed E-state index contributed by atoms with van der Waals surface area (Å²) in [7, 11) is 0. The van der Waals surface area contributed by atoms with E-state index in [-0.39, 0.29) is 0 Å². The van der Waals surface area contributed by atoms with Crippen molar-refractivity contribution >= 4 is 5.82 Å². The van der Waals surface area contributed by atoms with Crippen LogP contribution < -0.4 is 5.32 Å². The van der Waals surface area contributed by atoms with Crippen LogP contribution in [0.2, 0.25) is 0 Å². The minimum atomic E-state index is 0.546. The van der Waals surface area contributed by atoms with E-state index in [0.29, 0.717) is 11.0 Å². The molecule has 0 amide bonds. The number of aromatic nitrogens is 1. The van der Waals surface area contributed by atoms with E-state index in [2.05, 4.69) is 16.4 Å². The lowest BCUT2D eigenvalue weighted by atomic mass is 10.0. The molecule has 2 aliphatic rings. The van der Waals surface area contributed by atoms with Gasteiger partial charge in [0.1, 0.15) is 11.9 Å². The van der Waals surface area contributed by atoms with Gasteiger partial charge in [-0.2, -0.15) is 5.26 Å². The number of hydrogen-bond acceptors (Lipinski definition) is 3. The maximum atomic E-state index is 8.96. The summed E-state index contributed by atoms with van der Waals surface area (Å²) in [5.41, 5.74) is 1.19. The molecule has 0 aliphatic heterocycles. The predicted molar refractivity (Wildman–Crippen MR) is 61.8 cm³/mol. The van der Waals surface area contributed by atoms with Crippen LogP contribution in [0.15, 0.2) is 18.3 Å². The first-order valence-electron chi connectivity index (χ1n) is 5.93. The van der Waals surface area contributed by atoms with Crippen molar-refractivity contribution in [2.75, 3.05) is 11.9 Å². The number of nitrogens with zero attached hydrogens (tertiary/aromatic N) is 2. The summed E-state index contributed by atoms with van der Waals surface area (Å²) in [6.07, 6.45) is 7.22. The number of nitriles is 1. The molecule has 0 spiro atoms. The highest BCUT2D eigenvalue weighted by Crippen LogP contribution is 2.61. The molecule has 2 aliphatic carbocycles. The van der Waals surface area contributed by atoms with Crippen LogP contribution in [-0.4, -0.2) is 11.5 Å². The van der Waals surface area contributed by atoms with Gasteiger partial charge in [-0.25, -0.2) is 4.98 Å². The Morgan fingerprint density at radius 1 is 1.50 bits per heavy atom. The number of nitrogens with one attached hydrogen (secondary N) is 1. The fourth-order valence-corrected chi connectivity index (χ4v) is 2.48. The van der Waals surface area contributed by atoms with Gasteiger partial charge in [0.2, 0.25) is 0 Å². The normalized spacial score (nSPS) is 21.2. The summed E-state index contributed by atoms with van der Waals surface area (Å²) in [6, 6.07) is 5.79.